The van der Waals surface area contributed by atoms with Crippen LogP contribution in [0.4, 0.5) is 0 Å². The van der Waals surface area contributed by atoms with Crippen molar-refractivity contribution in [2.24, 2.45) is 5.92 Å². The molecule has 0 spiro atoms. The SMILES string of the molecule is CCC(C(=O)O)C1(O)CCCSC1C. The first-order valence-electron chi connectivity index (χ1n) is 5.09. The van der Waals surface area contributed by atoms with Gasteiger partial charge < -0.3 is 10.2 Å². The van der Waals surface area contributed by atoms with E-state index in [1.807, 2.05) is 13.8 Å². The molecule has 0 amide bonds. The Hall–Kier alpha value is -0.220. The Morgan fingerprint density at radius 3 is 2.79 bits per heavy atom. The topological polar surface area (TPSA) is 57.5 Å². The van der Waals surface area contributed by atoms with Crippen molar-refractivity contribution in [2.75, 3.05) is 5.75 Å². The first-order valence-corrected chi connectivity index (χ1v) is 6.14. The maximum atomic E-state index is 11.0. The first-order chi connectivity index (χ1) is 6.52. The summed E-state index contributed by atoms with van der Waals surface area (Å²) in [4.78, 5) is 11.0. The van der Waals surface area contributed by atoms with E-state index in [2.05, 4.69) is 0 Å². The molecule has 3 atom stereocenters. The molecule has 1 rings (SSSR count). The fourth-order valence-corrected chi connectivity index (χ4v) is 3.40. The van der Waals surface area contributed by atoms with E-state index in [1.54, 1.807) is 11.8 Å². The molecule has 0 radical (unpaired) electrons. The van der Waals surface area contributed by atoms with Crippen LogP contribution < -0.4 is 0 Å². The molecule has 3 nitrogen and oxygen atoms in total. The molecular formula is C10H18O3S. The van der Waals surface area contributed by atoms with Crippen molar-refractivity contribution in [1.82, 2.24) is 0 Å². The van der Waals surface area contributed by atoms with Gasteiger partial charge in [0, 0.05) is 5.25 Å². The normalized spacial score (nSPS) is 35.2. The van der Waals surface area contributed by atoms with Crippen LogP contribution in [0.1, 0.15) is 33.1 Å². The second-order valence-corrected chi connectivity index (χ2v) is 5.36. The highest BCUT2D eigenvalue weighted by atomic mass is 32.2. The molecule has 1 saturated heterocycles. The third-order valence-electron chi connectivity index (χ3n) is 3.10. The molecule has 1 aliphatic rings. The Morgan fingerprint density at radius 1 is 1.71 bits per heavy atom. The van der Waals surface area contributed by atoms with E-state index >= 15 is 0 Å². The van der Waals surface area contributed by atoms with Gasteiger partial charge in [0.1, 0.15) is 0 Å². The van der Waals surface area contributed by atoms with Crippen LogP contribution in [-0.2, 0) is 4.79 Å². The summed E-state index contributed by atoms with van der Waals surface area (Å²) in [6, 6.07) is 0. The summed E-state index contributed by atoms with van der Waals surface area (Å²) >= 11 is 1.67. The third kappa shape index (κ3) is 2.06. The van der Waals surface area contributed by atoms with E-state index in [-0.39, 0.29) is 5.25 Å². The molecular weight excluding hydrogens is 200 g/mol. The summed E-state index contributed by atoms with van der Waals surface area (Å²) in [5.41, 5.74) is -1.01. The fraction of sp³-hybridized carbons (Fsp3) is 0.900. The van der Waals surface area contributed by atoms with E-state index in [4.69, 9.17) is 5.11 Å². The quantitative estimate of drug-likeness (QED) is 0.757. The van der Waals surface area contributed by atoms with E-state index in [0.29, 0.717) is 12.8 Å². The third-order valence-corrected chi connectivity index (χ3v) is 4.54. The minimum absolute atomic E-state index is 0.0253. The lowest BCUT2D eigenvalue weighted by Gasteiger charge is -2.41. The van der Waals surface area contributed by atoms with Crippen LogP contribution in [0.2, 0.25) is 0 Å². The zero-order chi connectivity index (χ0) is 10.8. The maximum Gasteiger partial charge on any atom is 0.309 e. The predicted molar refractivity (Wildman–Crippen MR) is 57.5 cm³/mol. The highest BCUT2D eigenvalue weighted by Crippen LogP contribution is 2.40. The van der Waals surface area contributed by atoms with Gasteiger partial charge in [0.15, 0.2) is 0 Å². The molecule has 0 bridgehead atoms. The zero-order valence-electron chi connectivity index (χ0n) is 8.69. The summed E-state index contributed by atoms with van der Waals surface area (Å²) in [7, 11) is 0. The Morgan fingerprint density at radius 2 is 2.36 bits per heavy atom. The molecule has 0 aromatic rings. The van der Waals surface area contributed by atoms with Gasteiger partial charge in [0.05, 0.1) is 11.5 Å². The summed E-state index contributed by atoms with van der Waals surface area (Å²) in [6.07, 6.45) is 2.03. The average Bonchev–Trinajstić information content (AvgIpc) is 2.11. The molecule has 0 aliphatic carbocycles. The van der Waals surface area contributed by atoms with Crippen molar-refractivity contribution < 1.29 is 15.0 Å². The lowest BCUT2D eigenvalue weighted by Crippen LogP contribution is -2.51. The molecule has 2 N–H and O–H groups in total. The van der Waals surface area contributed by atoms with E-state index in [1.165, 1.54) is 0 Å². The number of thioether (sulfide) groups is 1. The highest BCUT2D eigenvalue weighted by molar-refractivity contribution is 8.00. The molecule has 1 aliphatic heterocycles. The molecule has 1 fully saturated rings. The molecule has 0 saturated carbocycles. The number of rotatable bonds is 3. The standard InChI is InChI=1S/C10H18O3S/c1-3-8(9(11)12)10(13)5-4-6-14-7(10)2/h7-8,13H,3-6H2,1-2H3,(H,11,12). The Kier molecular flexibility index (Phi) is 3.84. The number of aliphatic hydroxyl groups is 1. The van der Waals surface area contributed by atoms with Crippen molar-refractivity contribution in [3.05, 3.63) is 0 Å². The smallest absolute Gasteiger partial charge is 0.309 e. The number of hydrogen-bond donors (Lipinski definition) is 2. The lowest BCUT2D eigenvalue weighted by molar-refractivity contribution is -0.153. The molecule has 1 heterocycles. The van der Waals surface area contributed by atoms with Crippen LogP contribution in [-0.4, -0.2) is 32.8 Å². The van der Waals surface area contributed by atoms with E-state index < -0.39 is 17.5 Å². The van der Waals surface area contributed by atoms with Crippen molar-refractivity contribution >= 4 is 17.7 Å². The second-order valence-electron chi connectivity index (χ2n) is 3.91. The largest absolute Gasteiger partial charge is 0.481 e. The van der Waals surface area contributed by atoms with Gasteiger partial charge in [-0.1, -0.05) is 13.8 Å². The van der Waals surface area contributed by atoms with E-state index in [9.17, 15) is 9.90 Å². The number of aliphatic carboxylic acids is 1. The van der Waals surface area contributed by atoms with Gasteiger partial charge in [-0.2, -0.15) is 11.8 Å². The van der Waals surface area contributed by atoms with Gasteiger partial charge in [-0.25, -0.2) is 0 Å². The molecule has 0 aromatic heterocycles. The summed E-state index contributed by atoms with van der Waals surface area (Å²) < 4.78 is 0. The minimum atomic E-state index is -1.01. The molecule has 4 heteroatoms. The molecule has 14 heavy (non-hydrogen) atoms. The van der Waals surface area contributed by atoms with Gasteiger partial charge in [-0.15, -0.1) is 0 Å². The Bertz CT molecular complexity index is 219. The average molecular weight is 218 g/mol. The Labute approximate surface area is 88.9 Å². The van der Waals surface area contributed by atoms with Gasteiger partial charge in [0.2, 0.25) is 0 Å². The molecule has 0 aromatic carbocycles. The number of carboxylic acid groups (broad SMARTS) is 1. The van der Waals surface area contributed by atoms with Gasteiger partial charge in [-0.05, 0) is 25.0 Å². The monoisotopic (exact) mass is 218 g/mol. The van der Waals surface area contributed by atoms with Crippen LogP contribution in [0.15, 0.2) is 0 Å². The van der Waals surface area contributed by atoms with Gasteiger partial charge >= 0.3 is 5.97 Å². The van der Waals surface area contributed by atoms with Crippen LogP contribution in [0.3, 0.4) is 0 Å². The van der Waals surface area contributed by atoms with Crippen molar-refractivity contribution in [1.29, 1.82) is 0 Å². The van der Waals surface area contributed by atoms with Gasteiger partial charge in [-0.3, -0.25) is 4.79 Å². The van der Waals surface area contributed by atoms with Crippen LogP contribution >= 0.6 is 11.8 Å². The van der Waals surface area contributed by atoms with Crippen LogP contribution in [0.5, 0.6) is 0 Å². The molecule has 3 unspecified atom stereocenters. The number of hydrogen-bond acceptors (Lipinski definition) is 3. The summed E-state index contributed by atoms with van der Waals surface area (Å²) in [6.45, 7) is 3.75. The summed E-state index contributed by atoms with van der Waals surface area (Å²) in [5.74, 6) is -0.464. The highest BCUT2D eigenvalue weighted by Gasteiger charge is 2.46. The van der Waals surface area contributed by atoms with Crippen molar-refractivity contribution in [2.45, 2.75) is 44.0 Å². The predicted octanol–water partition coefficient (Wildman–Crippen LogP) is 1.74. The summed E-state index contributed by atoms with van der Waals surface area (Å²) in [5, 5.41) is 19.4. The van der Waals surface area contributed by atoms with Crippen molar-refractivity contribution in [3.63, 3.8) is 0 Å². The molecule has 82 valence electrons. The fourth-order valence-electron chi connectivity index (χ4n) is 2.16. The Balaban J connectivity index is 2.83. The second kappa shape index (κ2) is 4.53. The zero-order valence-corrected chi connectivity index (χ0v) is 9.51. The first kappa shape index (κ1) is 11.9. The van der Waals surface area contributed by atoms with Crippen LogP contribution in [0, 0.1) is 5.92 Å². The van der Waals surface area contributed by atoms with E-state index in [0.717, 1.165) is 12.2 Å². The van der Waals surface area contributed by atoms with Crippen LogP contribution in [0.25, 0.3) is 0 Å². The number of carboxylic acids is 1. The van der Waals surface area contributed by atoms with Gasteiger partial charge in [0.25, 0.3) is 0 Å². The number of carbonyl (C=O) groups is 1. The lowest BCUT2D eigenvalue weighted by atomic mass is 9.79. The minimum Gasteiger partial charge on any atom is -0.481 e. The maximum absolute atomic E-state index is 11.0. The van der Waals surface area contributed by atoms with Crippen molar-refractivity contribution in [3.8, 4) is 0 Å².